The first-order chi connectivity index (χ1) is 9.61. The fourth-order valence-electron chi connectivity index (χ4n) is 2.37. The van der Waals surface area contributed by atoms with Crippen molar-refractivity contribution < 1.29 is 0 Å². The maximum atomic E-state index is 5.72. The summed E-state index contributed by atoms with van der Waals surface area (Å²) in [5, 5.41) is 0. The average molecular weight is 266 g/mol. The molecule has 102 valence electrons. The number of aromatic nitrogens is 3. The second-order valence-corrected chi connectivity index (χ2v) is 5.28. The van der Waals surface area contributed by atoms with E-state index >= 15 is 0 Å². The number of H-pyrrole nitrogens is 1. The van der Waals surface area contributed by atoms with Gasteiger partial charge in [0.05, 0.1) is 5.52 Å². The van der Waals surface area contributed by atoms with Gasteiger partial charge in [0.2, 0.25) is 0 Å². The predicted molar refractivity (Wildman–Crippen MR) is 81.6 cm³/mol. The van der Waals surface area contributed by atoms with Crippen molar-refractivity contribution in [1.82, 2.24) is 15.0 Å². The molecule has 4 nitrogen and oxygen atoms in total. The third-order valence-electron chi connectivity index (χ3n) is 3.54. The molecule has 1 aromatic carbocycles. The Morgan fingerprint density at radius 2 is 1.85 bits per heavy atom. The molecule has 1 atom stereocenters. The lowest BCUT2D eigenvalue weighted by Crippen LogP contribution is -2.00. The molecule has 3 aromatic rings. The summed E-state index contributed by atoms with van der Waals surface area (Å²) >= 11 is 0. The van der Waals surface area contributed by atoms with Gasteiger partial charge >= 0.3 is 0 Å². The van der Waals surface area contributed by atoms with Gasteiger partial charge in [0, 0.05) is 17.8 Å². The molecule has 0 bridgehead atoms. The zero-order valence-electron chi connectivity index (χ0n) is 11.7. The Kier molecular flexibility index (Phi) is 3.14. The number of aryl methyl sites for hydroxylation is 1. The number of imidazole rings is 1. The number of pyridine rings is 1. The van der Waals surface area contributed by atoms with Crippen LogP contribution >= 0.6 is 0 Å². The van der Waals surface area contributed by atoms with Crippen molar-refractivity contribution in [3.63, 3.8) is 0 Å². The standard InChI is InChI=1S/C16H18N4/c1-10(12-4-6-13(17)7-5-12)9-15-19-14-8-3-11(2)18-16(14)20-15/h3-8,10H,9,17H2,1-2H3,(H,18,19,20). The van der Waals surface area contributed by atoms with Crippen LogP contribution in [0.25, 0.3) is 11.2 Å². The molecule has 2 aromatic heterocycles. The number of aromatic amines is 1. The highest BCUT2D eigenvalue weighted by atomic mass is 15.0. The van der Waals surface area contributed by atoms with Crippen molar-refractivity contribution in [1.29, 1.82) is 0 Å². The first-order valence-electron chi connectivity index (χ1n) is 6.79. The highest BCUT2D eigenvalue weighted by Gasteiger charge is 2.10. The molecule has 3 N–H and O–H groups in total. The van der Waals surface area contributed by atoms with Gasteiger partial charge in [-0.3, -0.25) is 0 Å². The SMILES string of the molecule is Cc1ccc2[nH]c(CC(C)c3ccc(N)cc3)nc2n1. The molecule has 0 aliphatic carbocycles. The molecular formula is C16H18N4. The largest absolute Gasteiger partial charge is 0.399 e. The van der Waals surface area contributed by atoms with Crippen LogP contribution in [0.3, 0.4) is 0 Å². The highest BCUT2D eigenvalue weighted by molar-refractivity contribution is 5.70. The first-order valence-corrected chi connectivity index (χ1v) is 6.79. The smallest absolute Gasteiger partial charge is 0.177 e. The van der Waals surface area contributed by atoms with Crippen LogP contribution in [0.4, 0.5) is 5.69 Å². The highest BCUT2D eigenvalue weighted by Crippen LogP contribution is 2.21. The van der Waals surface area contributed by atoms with Gasteiger partial charge in [-0.2, -0.15) is 0 Å². The third kappa shape index (κ3) is 2.50. The number of anilines is 1. The Morgan fingerprint density at radius 3 is 2.60 bits per heavy atom. The van der Waals surface area contributed by atoms with Crippen LogP contribution < -0.4 is 5.73 Å². The number of nitrogen functional groups attached to an aromatic ring is 1. The number of nitrogens with zero attached hydrogens (tertiary/aromatic N) is 2. The van der Waals surface area contributed by atoms with Crippen LogP contribution in [0, 0.1) is 6.92 Å². The van der Waals surface area contributed by atoms with E-state index in [2.05, 4.69) is 34.0 Å². The number of hydrogen-bond acceptors (Lipinski definition) is 3. The molecule has 0 amide bonds. The average Bonchev–Trinajstić information content (AvgIpc) is 2.80. The second-order valence-electron chi connectivity index (χ2n) is 5.28. The van der Waals surface area contributed by atoms with E-state index in [0.29, 0.717) is 5.92 Å². The molecular weight excluding hydrogens is 248 g/mol. The van der Waals surface area contributed by atoms with Crippen molar-refractivity contribution in [2.24, 2.45) is 0 Å². The zero-order chi connectivity index (χ0) is 14.1. The quantitative estimate of drug-likeness (QED) is 0.715. The van der Waals surface area contributed by atoms with Gasteiger partial charge in [-0.25, -0.2) is 9.97 Å². The van der Waals surface area contributed by atoms with Gasteiger partial charge in [0.15, 0.2) is 5.65 Å². The summed E-state index contributed by atoms with van der Waals surface area (Å²) in [4.78, 5) is 12.3. The van der Waals surface area contributed by atoms with Crippen LogP contribution in [0.2, 0.25) is 0 Å². The van der Waals surface area contributed by atoms with E-state index in [9.17, 15) is 0 Å². The molecule has 2 heterocycles. The lowest BCUT2D eigenvalue weighted by molar-refractivity contribution is 0.729. The monoisotopic (exact) mass is 266 g/mol. The molecule has 20 heavy (non-hydrogen) atoms. The number of benzene rings is 1. The topological polar surface area (TPSA) is 67.6 Å². The Morgan fingerprint density at radius 1 is 1.10 bits per heavy atom. The van der Waals surface area contributed by atoms with E-state index < -0.39 is 0 Å². The Bertz CT molecular complexity index is 728. The third-order valence-corrected chi connectivity index (χ3v) is 3.54. The van der Waals surface area contributed by atoms with Crippen molar-refractivity contribution in [3.8, 4) is 0 Å². The van der Waals surface area contributed by atoms with Crippen LogP contribution in [0.1, 0.15) is 29.9 Å². The van der Waals surface area contributed by atoms with Crippen molar-refractivity contribution >= 4 is 16.9 Å². The predicted octanol–water partition coefficient (Wildman–Crippen LogP) is 3.19. The van der Waals surface area contributed by atoms with Gasteiger partial charge in [-0.15, -0.1) is 0 Å². The lowest BCUT2D eigenvalue weighted by Gasteiger charge is -2.10. The van der Waals surface area contributed by atoms with Gasteiger partial charge in [-0.1, -0.05) is 19.1 Å². The molecule has 0 radical (unpaired) electrons. The number of hydrogen-bond donors (Lipinski definition) is 2. The fourth-order valence-corrected chi connectivity index (χ4v) is 2.37. The summed E-state index contributed by atoms with van der Waals surface area (Å²) < 4.78 is 0. The molecule has 0 spiro atoms. The van der Waals surface area contributed by atoms with E-state index in [1.807, 2.05) is 31.2 Å². The van der Waals surface area contributed by atoms with E-state index in [0.717, 1.165) is 34.8 Å². The van der Waals surface area contributed by atoms with Crippen molar-refractivity contribution in [2.45, 2.75) is 26.2 Å². The van der Waals surface area contributed by atoms with E-state index in [1.165, 1.54) is 5.56 Å². The van der Waals surface area contributed by atoms with Gasteiger partial charge in [-0.05, 0) is 42.7 Å². The van der Waals surface area contributed by atoms with Crippen LogP contribution in [0.5, 0.6) is 0 Å². The normalized spacial score (nSPS) is 12.7. The van der Waals surface area contributed by atoms with Crippen molar-refractivity contribution in [2.75, 3.05) is 5.73 Å². The van der Waals surface area contributed by atoms with Gasteiger partial charge in [0.1, 0.15) is 5.82 Å². The zero-order valence-corrected chi connectivity index (χ0v) is 11.7. The molecule has 0 fully saturated rings. The summed E-state index contributed by atoms with van der Waals surface area (Å²) in [7, 11) is 0. The number of fused-ring (bicyclic) bond motifs is 1. The van der Waals surface area contributed by atoms with E-state index in [-0.39, 0.29) is 0 Å². The first kappa shape index (κ1) is 12.7. The Labute approximate surface area is 118 Å². The number of rotatable bonds is 3. The molecule has 4 heteroatoms. The van der Waals surface area contributed by atoms with Gasteiger partial charge in [0.25, 0.3) is 0 Å². The maximum absolute atomic E-state index is 5.72. The van der Waals surface area contributed by atoms with Crippen LogP contribution in [-0.4, -0.2) is 15.0 Å². The van der Waals surface area contributed by atoms with Crippen LogP contribution in [0.15, 0.2) is 36.4 Å². The summed E-state index contributed by atoms with van der Waals surface area (Å²) in [6, 6.07) is 12.1. The lowest BCUT2D eigenvalue weighted by atomic mass is 9.97. The van der Waals surface area contributed by atoms with Crippen molar-refractivity contribution in [3.05, 3.63) is 53.5 Å². The van der Waals surface area contributed by atoms with Gasteiger partial charge < -0.3 is 10.7 Å². The minimum absolute atomic E-state index is 0.386. The van der Waals surface area contributed by atoms with E-state index in [1.54, 1.807) is 0 Å². The molecule has 0 saturated carbocycles. The number of nitrogens with two attached hydrogens (primary N) is 1. The van der Waals surface area contributed by atoms with Crippen LogP contribution in [-0.2, 0) is 6.42 Å². The minimum Gasteiger partial charge on any atom is -0.399 e. The fraction of sp³-hybridized carbons (Fsp3) is 0.250. The minimum atomic E-state index is 0.386. The summed E-state index contributed by atoms with van der Waals surface area (Å²) in [6.45, 7) is 4.17. The Balaban J connectivity index is 1.83. The molecule has 0 aliphatic rings. The maximum Gasteiger partial charge on any atom is 0.177 e. The molecule has 0 aliphatic heterocycles. The summed E-state index contributed by atoms with van der Waals surface area (Å²) in [5.74, 6) is 1.36. The molecule has 1 unspecified atom stereocenters. The van der Waals surface area contributed by atoms with E-state index in [4.69, 9.17) is 5.73 Å². The second kappa shape index (κ2) is 4.96. The molecule has 3 rings (SSSR count). The summed E-state index contributed by atoms with van der Waals surface area (Å²) in [5.41, 5.74) is 10.6. The summed E-state index contributed by atoms with van der Waals surface area (Å²) in [6.07, 6.45) is 0.860. The number of nitrogens with one attached hydrogen (secondary N) is 1. The molecule has 0 saturated heterocycles. The Hall–Kier alpha value is -2.36.